The van der Waals surface area contributed by atoms with Gasteiger partial charge in [-0.05, 0) is 76.5 Å². The van der Waals surface area contributed by atoms with E-state index in [1.165, 1.54) is 12.1 Å². The minimum atomic E-state index is -0.319. The molecule has 0 aromatic heterocycles. The molecule has 118 valence electrons. The van der Waals surface area contributed by atoms with Gasteiger partial charge < -0.3 is 5.32 Å². The number of hydrogen-bond acceptors (Lipinski definition) is 2. The van der Waals surface area contributed by atoms with Crippen LogP contribution in [-0.4, -0.2) is 31.1 Å². The molecule has 1 unspecified atom stereocenters. The Labute approximate surface area is 126 Å². The van der Waals surface area contributed by atoms with Crippen LogP contribution in [0.15, 0.2) is 12.1 Å². The van der Waals surface area contributed by atoms with E-state index in [0.717, 1.165) is 39.0 Å². The first-order chi connectivity index (χ1) is 10.0. The van der Waals surface area contributed by atoms with Crippen molar-refractivity contribution in [1.82, 2.24) is 10.2 Å². The zero-order valence-corrected chi connectivity index (χ0v) is 13.3. The minimum Gasteiger partial charge on any atom is -0.317 e. The van der Waals surface area contributed by atoms with Gasteiger partial charge in [0.15, 0.2) is 0 Å². The Morgan fingerprint density at radius 1 is 1.24 bits per heavy atom. The van der Waals surface area contributed by atoms with Crippen LogP contribution in [0, 0.1) is 24.5 Å². The predicted molar refractivity (Wildman–Crippen MR) is 82.4 cm³/mol. The zero-order valence-electron chi connectivity index (χ0n) is 13.3. The van der Waals surface area contributed by atoms with Crippen molar-refractivity contribution in [3.63, 3.8) is 0 Å². The molecule has 1 aromatic rings. The van der Waals surface area contributed by atoms with Gasteiger partial charge in [0, 0.05) is 11.6 Å². The lowest BCUT2D eigenvalue weighted by Gasteiger charge is -2.36. The van der Waals surface area contributed by atoms with Crippen LogP contribution in [0.1, 0.15) is 43.9 Å². The van der Waals surface area contributed by atoms with Gasteiger partial charge in [0.2, 0.25) is 0 Å². The van der Waals surface area contributed by atoms with E-state index in [1.807, 2.05) is 6.92 Å². The van der Waals surface area contributed by atoms with Crippen LogP contribution in [0.25, 0.3) is 0 Å². The second-order valence-electron chi connectivity index (χ2n) is 6.09. The molecule has 2 nitrogen and oxygen atoms in total. The van der Waals surface area contributed by atoms with Crippen molar-refractivity contribution in [2.45, 2.75) is 39.7 Å². The molecule has 1 heterocycles. The normalized spacial score (nSPS) is 18.9. The maximum atomic E-state index is 14.1. The molecule has 0 radical (unpaired) electrons. The lowest BCUT2D eigenvalue weighted by molar-refractivity contribution is 0.138. The van der Waals surface area contributed by atoms with E-state index < -0.39 is 0 Å². The van der Waals surface area contributed by atoms with Crippen LogP contribution in [0.5, 0.6) is 0 Å². The molecule has 1 atom stereocenters. The van der Waals surface area contributed by atoms with Crippen LogP contribution >= 0.6 is 0 Å². The van der Waals surface area contributed by atoms with Gasteiger partial charge in [0.1, 0.15) is 11.6 Å². The van der Waals surface area contributed by atoms with Crippen molar-refractivity contribution in [2.75, 3.05) is 26.2 Å². The third kappa shape index (κ3) is 4.01. The van der Waals surface area contributed by atoms with E-state index in [9.17, 15) is 8.78 Å². The number of nitrogens with one attached hydrogen (secondary N) is 1. The molecule has 1 saturated heterocycles. The highest BCUT2D eigenvalue weighted by Gasteiger charge is 2.25. The van der Waals surface area contributed by atoms with Crippen molar-refractivity contribution < 1.29 is 8.78 Å². The molecule has 0 aliphatic carbocycles. The summed E-state index contributed by atoms with van der Waals surface area (Å²) in [6.07, 6.45) is 2.24. The zero-order chi connectivity index (χ0) is 15.4. The van der Waals surface area contributed by atoms with Crippen LogP contribution in [0.4, 0.5) is 8.78 Å². The van der Waals surface area contributed by atoms with Crippen molar-refractivity contribution >= 4 is 0 Å². The summed E-state index contributed by atoms with van der Waals surface area (Å²) >= 11 is 0. The molecule has 0 saturated carbocycles. The number of rotatable bonds is 5. The fourth-order valence-electron chi connectivity index (χ4n) is 3.07. The topological polar surface area (TPSA) is 15.3 Å². The molecule has 0 bridgehead atoms. The largest absolute Gasteiger partial charge is 0.317 e. The summed E-state index contributed by atoms with van der Waals surface area (Å²) in [5, 5.41) is 3.39. The van der Waals surface area contributed by atoms with E-state index in [0.29, 0.717) is 17.0 Å². The molecular formula is C17H26F2N2. The van der Waals surface area contributed by atoms with Crippen LogP contribution < -0.4 is 5.32 Å². The summed E-state index contributed by atoms with van der Waals surface area (Å²) < 4.78 is 27.8. The van der Waals surface area contributed by atoms with E-state index in [1.54, 1.807) is 6.92 Å². The van der Waals surface area contributed by atoms with Gasteiger partial charge in [0.25, 0.3) is 0 Å². The smallest absolute Gasteiger partial charge is 0.128 e. The van der Waals surface area contributed by atoms with E-state index >= 15 is 0 Å². The molecule has 1 aliphatic rings. The lowest BCUT2D eigenvalue weighted by atomic mass is 9.94. The molecule has 4 heteroatoms. The monoisotopic (exact) mass is 296 g/mol. The van der Waals surface area contributed by atoms with Crippen LogP contribution in [0.2, 0.25) is 0 Å². The van der Waals surface area contributed by atoms with E-state index in [-0.39, 0.29) is 17.7 Å². The Balaban J connectivity index is 1.99. The average Bonchev–Trinajstić information content (AvgIpc) is 2.48. The number of piperidine rings is 1. The average molecular weight is 296 g/mol. The number of nitrogens with zero attached hydrogens (tertiary/aromatic N) is 1. The first-order valence-electron chi connectivity index (χ1n) is 7.93. The van der Waals surface area contributed by atoms with Crippen molar-refractivity contribution in [2.24, 2.45) is 5.92 Å². The quantitative estimate of drug-likeness (QED) is 0.892. The molecular weight excluding hydrogens is 270 g/mol. The summed E-state index contributed by atoms with van der Waals surface area (Å²) in [4.78, 5) is 2.26. The number of hydrogen-bond donors (Lipinski definition) is 1. The SMILES string of the molecule is CCNCC1CCN(C(C)c2cc(F)c(C)cc2F)CC1. The highest BCUT2D eigenvalue weighted by molar-refractivity contribution is 5.27. The van der Waals surface area contributed by atoms with Crippen molar-refractivity contribution in [3.8, 4) is 0 Å². The minimum absolute atomic E-state index is 0.0693. The molecule has 1 aliphatic heterocycles. The Morgan fingerprint density at radius 3 is 2.52 bits per heavy atom. The van der Waals surface area contributed by atoms with Gasteiger partial charge in [-0.3, -0.25) is 4.90 Å². The third-order valence-corrected chi connectivity index (χ3v) is 4.61. The lowest BCUT2D eigenvalue weighted by Crippen LogP contribution is -2.38. The second-order valence-corrected chi connectivity index (χ2v) is 6.09. The van der Waals surface area contributed by atoms with Gasteiger partial charge >= 0.3 is 0 Å². The van der Waals surface area contributed by atoms with Crippen LogP contribution in [-0.2, 0) is 0 Å². The second kappa shape index (κ2) is 7.32. The molecule has 1 fully saturated rings. The summed E-state index contributed by atoms with van der Waals surface area (Å²) in [7, 11) is 0. The highest BCUT2D eigenvalue weighted by Crippen LogP contribution is 2.29. The maximum absolute atomic E-state index is 14.1. The third-order valence-electron chi connectivity index (χ3n) is 4.61. The number of benzene rings is 1. The van der Waals surface area contributed by atoms with E-state index in [4.69, 9.17) is 0 Å². The molecule has 1 N–H and O–H groups in total. The van der Waals surface area contributed by atoms with Crippen molar-refractivity contribution in [1.29, 1.82) is 0 Å². The molecule has 2 rings (SSSR count). The number of halogens is 2. The fourth-order valence-corrected chi connectivity index (χ4v) is 3.07. The predicted octanol–water partition coefficient (Wildman–Crippen LogP) is 3.66. The maximum Gasteiger partial charge on any atom is 0.128 e. The highest BCUT2D eigenvalue weighted by atomic mass is 19.1. The van der Waals surface area contributed by atoms with Gasteiger partial charge in [-0.2, -0.15) is 0 Å². The summed E-state index contributed by atoms with van der Waals surface area (Å²) in [5.74, 6) is 0.0875. The van der Waals surface area contributed by atoms with E-state index in [2.05, 4.69) is 17.1 Å². The standard InChI is InChI=1S/C17H26F2N2/c1-4-20-11-14-5-7-21(8-6-14)13(3)15-10-16(18)12(2)9-17(15)19/h9-10,13-14,20H,4-8,11H2,1-3H3. The fraction of sp³-hybridized carbons (Fsp3) is 0.647. The summed E-state index contributed by atoms with van der Waals surface area (Å²) in [6.45, 7) is 9.65. The first-order valence-corrected chi connectivity index (χ1v) is 7.93. The van der Waals surface area contributed by atoms with Gasteiger partial charge in [0.05, 0.1) is 0 Å². The molecule has 0 amide bonds. The van der Waals surface area contributed by atoms with Gasteiger partial charge in [-0.1, -0.05) is 6.92 Å². The van der Waals surface area contributed by atoms with Crippen LogP contribution in [0.3, 0.4) is 0 Å². The van der Waals surface area contributed by atoms with Crippen molar-refractivity contribution in [3.05, 3.63) is 34.9 Å². The number of likely N-dealkylation sites (tertiary alicyclic amines) is 1. The van der Waals surface area contributed by atoms with Gasteiger partial charge in [-0.15, -0.1) is 0 Å². The van der Waals surface area contributed by atoms with Gasteiger partial charge in [-0.25, -0.2) is 8.78 Å². The Morgan fingerprint density at radius 2 is 1.90 bits per heavy atom. The Kier molecular flexibility index (Phi) is 5.71. The Hall–Kier alpha value is -1.00. The molecule has 1 aromatic carbocycles. The first kappa shape index (κ1) is 16.4. The molecule has 21 heavy (non-hydrogen) atoms. The molecule has 0 spiro atoms. The summed E-state index contributed by atoms with van der Waals surface area (Å²) in [6, 6.07) is 2.60. The summed E-state index contributed by atoms with van der Waals surface area (Å²) in [5.41, 5.74) is 0.844. The number of aryl methyl sites for hydroxylation is 1. The Bertz CT molecular complexity index is 468.